The van der Waals surface area contributed by atoms with Gasteiger partial charge in [0.2, 0.25) is 11.7 Å². The molecule has 0 aromatic carbocycles. The molecule has 0 spiro atoms. The Morgan fingerprint density at radius 1 is 1.35 bits per heavy atom. The largest absolute Gasteiger partial charge is 0.461 e. The van der Waals surface area contributed by atoms with Crippen molar-refractivity contribution < 1.29 is 13.7 Å². The summed E-state index contributed by atoms with van der Waals surface area (Å²) in [5.74, 6) is 1.64. The minimum absolute atomic E-state index is 0.0675. The molecule has 0 unspecified atom stereocenters. The normalized spacial score (nSPS) is 19.2. The van der Waals surface area contributed by atoms with Crippen molar-refractivity contribution in [1.82, 2.24) is 29.8 Å². The molecule has 1 aliphatic heterocycles. The Balaban J connectivity index is 1.37. The summed E-state index contributed by atoms with van der Waals surface area (Å²) in [6, 6.07) is 3.60. The fraction of sp³-hybridized carbons (Fsp3) is 0.429. The third-order valence-electron chi connectivity index (χ3n) is 3.65. The molecule has 120 valence electrons. The molecule has 0 aliphatic carbocycles. The number of rotatable bonds is 5. The number of hydrogen-bond acceptors (Lipinski definition) is 8. The second-order valence-electron chi connectivity index (χ2n) is 5.33. The summed E-state index contributed by atoms with van der Waals surface area (Å²) >= 11 is 0. The maximum Gasteiger partial charge on any atom is 0.241 e. The Bertz CT molecular complexity index is 724. The second-order valence-corrected chi connectivity index (χ2v) is 5.33. The first-order valence-corrected chi connectivity index (χ1v) is 7.39. The van der Waals surface area contributed by atoms with Gasteiger partial charge in [-0.25, -0.2) is 4.98 Å². The van der Waals surface area contributed by atoms with Gasteiger partial charge in [-0.15, -0.1) is 0 Å². The quantitative estimate of drug-likeness (QED) is 0.683. The van der Waals surface area contributed by atoms with Gasteiger partial charge in [0.15, 0.2) is 5.76 Å². The van der Waals surface area contributed by atoms with Gasteiger partial charge in [0.1, 0.15) is 12.7 Å². The number of nitrogens with zero attached hydrogens (tertiary/aromatic N) is 6. The minimum Gasteiger partial charge on any atom is -0.461 e. The molecule has 4 heterocycles. The maximum absolute atomic E-state index is 5.77. The Morgan fingerprint density at radius 2 is 2.35 bits per heavy atom. The van der Waals surface area contributed by atoms with Crippen LogP contribution in [0, 0.1) is 0 Å². The zero-order valence-electron chi connectivity index (χ0n) is 12.4. The molecule has 0 radical (unpaired) electrons. The lowest BCUT2D eigenvalue weighted by atomic mass is 10.2. The number of furan rings is 1. The number of ether oxygens (including phenoxy) is 1. The van der Waals surface area contributed by atoms with Crippen molar-refractivity contribution in [3.63, 3.8) is 0 Å². The molecule has 0 bridgehead atoms. The summed E-state index contributed by atoms with van der Waals surface area (Å²) in [4.78, 5) is 10.5. The van der Waals surface area contributed by atoms with Crippen molar-refractivity contribution in [3.8, 4) is 11.6 Å². The molecule has 3 aromatic rings. The molecule has 0 N–H and O–H groups in total. The third-order valence-corrected chi connectivity index (χ3v) is 3.65. The summed E-state index contributed by atoms with van der Waals surface area (Å²) in [7, 11) is 0. The summed E-state index contributed by atoms with van der Waals surface area (Å²) in [5.41, 5.74) is 0. The van der Waals surface area contributed by atoms with E-state index in [0.717, 1.165) is 13.1 Å². The average Bonchev–Trinajstić information content (AvgIpc) is 3.30. The molecule has 1 aliphatic rings. The van der Waals surface area contributed by atoms with E-state index in [1.54, 1.807) is 29.4 Å². The van der Waals surface area contributed by atoms with Gasteiger partial charge in [-0.3, -0.25) is 9.58 Å². The van der Waals surface area contributed by atoms with Crippen LogP contribution in [0.25, 0.3) is 11.6 Å². The van der Waals surface area contributed by atoms with Crippen LogP contribution in [0.5, 0.6) is 0 Å². The van der Waals surface area contributed by atoms with Gasteiger partial charge < -0.3 is 13.7 Å². The lowest BCUT2D eigenvalue weighted by molar-refractivity contribution is -0.0426. The number of morpholine rings is 1. The Labute approximate surface area is 131 Å². The van der Waals surface area contributed by atoms with E-state index in [4.69, 9.17) is 13.7 Å². The van der Waals surface area contributed by atoms with Gasteiger partial charge >= 0.3 is 0 Å². The van der Waals surface area contributed by atoms with Crippen LogP contribution in [0.4, 0.5) is 0 Å². The average molecular weight is 316 g/mol. The van der Waals surface area contributed by atoms with E-state index < -0.39 is 0 Å². The highest BCUT2D eigenvalue weighted by Gasteiger charge is 2.23. The monoisotopic (exact) mass is 316 g/mol. The molecule has 1 saturated heterocycles. The van der Waals surface area contributed by atoms with E-state index in [-0.39, 0.29) is 6.10 Å². The smallest absolute Gasteiger partial charge is 0.241 e. The van der Waals surface area contributed by atoms with Gasteiger partial charge in [-0.2, -0.15) is 10.1 Å². The minimum atomic E-state index is 0.0675. The molecule has 9 nitrogen and oxygen atoms in total. The van der Waals surface area contributed by atoms with Crippen LogP contribution in [0.2, 0.25) is 0 Å². The first kappa shape index (κ1) is 14.1. The first-order valence-electron chi connectivity index (χ1n) is 7.39. The Kier molecular flexibility index (Phi) is 3.86. The predicted molar refractivity (Wildman–Crippen MR) is 77.0 cm³/mol. The van der Waals surface area contributed by atoms with Crippen LogP contribution in [0.1, 0.15) is 5.89 Å². The summed E-state index contributed by atoms with van der Waals surface area (Å²) in [6.07, 6.45) is 4.87. The van der Waals surface area contributed by atoms with Crippen LogP contribution in [0.3, 0.4) is 0 Å². The summed E-state index contributed by atoms with van der Waals surface area (Å²) in [5, 5.41) is 8.05. The van der Waals surface area contributed by atoms with Crippen LogP contribution in [-0.2, 0) is 17.8 Å². The third kappa shape index (κ3) is 3.30. The van der Waals surface area contributed by atoms with E-state index in [1.165, 1.54) is 6.33 Å². The van der Waals surface area contributed by atoms with E-state index in [1.807, 2.05) is 0 Å². The van der Waals surface area contributed by atoms with Crippen molar-refractivity contribution in [3.05, 3.63) is 36.9 Å². The molecule has 0 saturated carbocycles. The van der Waals surface area contributed by atoms with Gasteiger partial charge in [0.05, 0.1) is 32.1 Å². The highest BCUT2D eigenvalue weighted by Crippen LogP contribution is 2.17. The molecule has 9 heteroatoms. The Hall–Kier alpha value is -2.52. The Morgan fingerprint density at radius 3 is 3.17 bits per heavy atom. The van der Waals surface area contributed by atoms with E-state index >= 15 is 0 Å². The summed E-state index contributed by atoms with van der Waals surface area (Å²) < 4.78 is 18.1. The highest BCUT2D eigenvalue weighted by molar-refractivity contribution is 5.44. The molecule has 0 amide bonds. The van der Waals surface area contributed by atoms with Crippen molar-refractivity contribution in [1.29, 1.82) is 0 Å². The highest BCUT2D eigenvalue weighted by atomic mass is 16.5. The lowest BCUT2D eigenvalue weighted by Crippen LogP contribution is -2.43. The van der Waals surface area contributed by atoms with Crippen LogP contribution in [0.15, 0.2) is 40.0 Å². The van der Waals surface area contributed by atoms with E-state index in [2.05, 4.69) is 25.1 Å². The number of aromatic nitrogens is 5. The molecular formula is C14H16N6O3. The van der Waals surface area contributed by atoms with Crippen LogP contribution < -0.4 is 0 Å². The zero-order valence-corrected chi connectivity index (χ0v) is 12.4. The first-order chi connectivity index (χ1) is 11.4. The predicted octanol–water partition coefficient (Wildman–Crippen LogP) is 0.822. The molecule has 1 fully saturated rings. The lowest BCUT2D eigenvalue weighted by Gasteiger charge is -2.31. The van der Waals surface area contributed by atoms with Crippen molar-refractivity contribution in [2.45, 2.75) is 19.2 Å². The maximum atomic E-state index is 5.77. The molecular weight excluding hydrogens is 300 g/mol. The zero-order chi connectivity index (χ0) is 15.5. The van der Waals surface area contributed by atoms with E-state index in [0.29, 0.717) is 37.2 Å². The van der Waals surface area contributed by atoms with Crippen molar-refractivity contribution in [2.24, 2.45) is 0 Å². The standard InChI is InChI=1S/C14H16N6O3/c1-2-12(22-4-1)14-17-13(23-18-14)8-19-3-5-21-11(6-19)7-20-10-15-9-16-20/h1-2,4,9-11H,3,5-8H2/t11-/m1/s1. The van der Waals surface area contributed by atoms with E-state index in [9.17, 15) is 0 Å². The fourth-order valence-corrected chi connectivity index (χ4v) is 2.59. The SMILES string of the molecule is c1coc(-c2noc(CN3CCO[C@@H](Cn4cncn4)C3)n2)c1. The van der Waals surface area contributed by atoms with Crippen LogP contribution >= 0.6 is 0 Å². The molecule has 4 rings (SSSR count). The topological polar surface area (TPSA) is 95.2 Å². The molecule has 23 heavy (non-hydrogen) atoms. The molecule has 1 atom stereocenters. The van der Waals surface area contributed by atoms with Gasteiger partial charge in [-0.1, -0.05) is 5.16 Å². The fourth-order valence-electron chi connectivity index (χ4n) is 2.59. The van der Waals surface area contributed by atoms with Gasteiger partial charge in [0.25, 0.3) is 0 Å². The van der Waals surface area contributed by atoms with Crippen molar-refractivity contribution in [2.75, 3.05) is 19.7 Å². The van der Waals surface area contributed by atoms with Gasteiger partial charge in [-0.05, 0) is 12.1 Å². The van der Waals surface area contributed by atoms with Crippen LogP contribution in [-0.4, -0.2) is 55.6 Å². The second kappa shape index (κ2) is 6.31. The van der Waals surface area contributed by atoms with Gasteiger partial charge in [0, 0.05) is 13.1 Å². The number of hydrogen-bond donors (Lipinski definition) is 0. The van der Waals surface area contributed by atoms with Crippen molar-refractivity contribution >= 4 is 0 Å². The summed E-state index contributed by atoms with van der Waals surface area (Å²) in [6.45, 7) is 3.53. The molecule has 3 aromatic heterocycles.